The first kappa shape index (κ1) is 19.7. The molecule has 0 fully saturated rings. The van der Waals surface area contributed by atoms with Crippen LogP contribution >= 0.6 is 0 Å². The zero-order valence-corrected chi connectivity index (χ0v) is 16.0. The van der Waals surface area contributed by atoms with Crippen LogP contribution in [-0.4, -0.2) is 37.6 Å². The number of nitrogens with one attached hydrogen (secondary N) is 1. The minimum absolute atomic E-state index is 0.0461. The number of carbonyl (C=O) groups excluding carboxylic acids is 2. The first-order valence-electron chi connectivity index (χ1n) is 8.08. The van der Waals surface area contributed by atoms with Crippen molar-refractivity contribution in [3.8, 4) is 0 Å². The Morgan fingerprint density at radius 2 is 1.81 bits per heavy atom. The number of esters is 1. The van der Waals surface area contributed by atoms with E-state index >= 15 is 0 Å². The van der Waals surface area contributed by atoms with Crippen LogP contribution in [0.5, 0.6) is 0 Å². The Bertz CT molecular complexity index is 944. The summed E-state index contributed by atoms with van der Waals surface area (Å²) in [5.74, 6) is -1.07. The molecule has 1 aromatic heterocycles. The highest BCUT2D eigenvalue weighted by Crippen LogP contribution is 2.19. The fraction of sp³-hybridized carbons (Fsp3) is 0.333. The number of Topliss-reactive ketones (excluding diaryl/α,β-unsaturated/α-hetero) is 1. The smallest absolute Gasteiger partial charge is 0.340 e. The molecule has 2 aromatic rings. The molecule has 26 heavy (non-hydrogen) atoms. The zero-order chi connectivity index (χ0) is 19.5. The van der Waals surface area contributed by atoms with Crippen molar-refractivity contribution < 1.29 is 22.7 Å². The number of aromatic nitrogens is 1. The molecule has 0 aliphatic heterocycles. The number of nitrogens with zero attached hydrogens (tertiary/aromatic N) is 1. The number of ketones is 1. The Kier molecular flexibility index (Phi) is 5.86. The molecule has 0 unspecified atom stereocenters. The van der Waals surface area contributed by atoms with Gasteiger partial charge >= 0.3 is 5.97 Å². The Morgan fingerprint density at radius 1 is 1.15 bits per heavy atom. The number of rotatable bonds is 7. The third-order valence-corrected chi connectivity index (χ3v) is 4.56. The Balaban J connectivity index is 2.13. The van der Waals surface area contributed by atoms with Crippen molar-refractivity contribution in [2.75, 3.05) is 17.6 Å². The zero-order valence-electron chi connectivity index (χ0n) is 15.2. The van der Waals surface area contributed by atoms with Gasteiger partial charge in [0.1, 0.15) is 0 Å². The summed E-state index contributed by atoms with van der Waals surface area (Å²) in [5.41, 5.74) is 2.45. The van der Waals surface area contributed by atoms with Gasteiger partial charge in [0.05, 0.1) is 17.5 Å². The molecule has 140 valence electrons. The van der Waals surface area contributed by atoms with E-state index in [4.69, 9.17) is 4.74 Å². The highest BCUT2D eigenvalue weighted by molar-refractivity contribution is 7.92. The van der Waals surface area contributed by atoms with Gasteiger partial charge in [-0.1, -0.05) is 12.1 Å². The van der Waals surface area contributed by atoms with Crippen LogP contribution in [-0.2, 0) is 21.3 Å². The molecule has 0 amide bonds. The molecular formula is C18H22N2O5S. The Labute approximate surface area is 153 Å². The highest BCUT2D eigenvalue weighted by atomic mass is 32.2. The van der Waals surface area contributed by atoms with Crippen molar-refractivity contribution >= 4 is 27.5 Å². The fourth-order valence-corrected chi connectivity index (χ4v) is 3.38. The van der Waals surface area contributed by atoms with Gasteiger partial charge in [-0.25, -0.2) is 13.2 Å². The molecule has 7 nitrogen and oxygen atoms in total. The van der Waals surface area contributed by atoms with E-state index in [1.807, 2.05) is 25.3 Å². The predicted octanol–water partition coefficient (Wildman–Crippen LogP) is 2.54. The van der Waals surface area contributed by atoms with Gasteiger partial charge in [-0.15, -0.1) is 0 Å². The second-order valence-corrected chi connectivity index (χ2v) is 7.70. The van der Waals surface area contributed by atoms with Gasteiger partial charge in [0.15, 0.2) is 6.61 Å². The van der Waals surface area contributed by atoms with E-state index in [0.717, 1.165) is 24.2 Å². The lowest BCUT2D eigenvalue weighted by atomic mass is 10.1. The van der Waals surface area contributed by atoms with E-state index in [-0.39, 0.29) is 17.0 Å². The number of anilines is 1. The lowest BCUT2D eigenvalue weighted by molar-refractivity contribution is 0.0475. The third kappa shape index (κ3) is 4.51. The number of sulfonamides is 1. The monoisotopic (exact) mass is 378 g/mol. The van der Waals surface area contributed by atoms with Gasteiger partial charge in [0.2, 0.25) is 15.8 Å². The normalized spacial score (nSPS) is 11.2. The largest absolute Gasteiger partial charge is 0.454 e. The fourth-order valence-electron chi connectivity index (χ4n) is 2.81. The maximum Gasteiger partial charge on any atom is 0.340 e. The summed E-state index contributed by atoms with van der Waals surface area (Å²) >= 11 is 0. The van der Waals surface area contributed by atoms with Crippen LogP contribution in [0.15, 0.2) is 30.3 Å². The van der Waals surface area contributed by atoms with Crippen LogP contribution in [0.25, 0.3) is 0 Å². The average molecular weight is 378 g/mol. The maximum absolute atomic E-state index is 12.4. The van der Waals surface area contributed by atoms with E-state index in [0.29, 0.717) is 5.56 Å². The minimum Gasteiger partial charge on any atom is -0.454 e. The minimum atomic E-state index is -3.55. The van der Waals surface area contributed by atoms with Gasteiger partial charge in [0.25, 0.3) is 0 Å². The number of carbonyl (C=O) groups is 2. The molecule has 0 aliphatic carbocycles. The molecule has 1 heterocycles. The summed E-state index contributed by atoms with van der Waals surface area (Å²) in [5, 5.41) is 0. The first-order valence-corrected chi connectivity index (χ1v) is 9.97. The number of hydrogen-bond donors (Lipinski definition) is 1. The molecule has 0 radical (unpaired) electrons. The van der Waals surface area contributed by atoms with E-state index in [1.165, 1.54) is 12.1 Å². The number of aryl methyl sites for hydroxylation is 1. The number of benzene rings is 1. The van der Waals surface area contributed by atoms with Crippen molar-refractivity contribution in [3.05, 3.63) is 52.8 Å². The summed E-state index contributed by atoms with van der Waals surface area (Å²) in [6.45, 7) is 6.07. The first-order chi connectivity index (χ1) is 12.1. The molecule has 2 rings (SSSR count). The highest BCUT2D eigenvalue weighted by Gasteiger charge is 2.19. The van der Waals surface area contributed by atoms with Crippen LogP contribution in [0.3, 0.4) is 0 Å². The van der Waals surface area contributed by atoms with Crippen molar-refractivity contribution in [2.45, 2.75) is 27.3 Å². The lowest BCUT2D eigenvalue weighted by Crippen LogP contribution is -2.18. The molecule has 0 saturated carbocycles. The van der Waals surface area contributed by atoms with E-state index in [9.17, 15) is 18.0 Å². The standard InChI is InChI=1S/C18H22N2O5S/c1-5-20-12(2)10-15(13(20)3)17(21)11-25-18(22)14-8-6-7-9-16(14)19-26(4,23)24/h6-10,19H,5,11H2,1-4H3. The van der Waals surface area contributed by atoms with E-state index in [2.05, 4.69) is 4.72 Å². The van der Waals surface area contributed by atoms with Crippen LogP contribution < -0.4 is 4.72 Å². The number of para-hydroxylation sites is 1. The molecule has 0 aliphatic rings. The summed E-state index contributed by atoms with van der Waals surface area (Å²) < 4.78 is 32.2. The number of hydrogen-bond acceptors (Lipinski definition) is 5. The van der Waals surface area contributed by atoms with Gasteiger partial charge in [-0.05, 0) is 39.0 Å². The van der Waals surface area contributed by atoms with Crippen LogP contribution in [0.4, 0.5) is 5.69 Å². The summed E-state index contributed by atoms with van der Waals surface area (Å²) in [7, 11) is -3.55. The summed E-state index contributed by atoms with van der Waals surface area (Å²) in [4.78, 5) is 24.7. The molecule has 8 heteroatoms. The molecule has 0 bridgehead atoms. The Morgan fingerprint density at radius 3 is 2.38 bits per heavy atom. The van der Waals surface area contributed by atoms with Gasteiger partial charge in [-0.3, -0.25) is 9.52 Å². The Hall–Kier alpha value is -2.61. The van der Waals surface area contributed by atoms with E-state index in [1.54, 1.807) is 18.2 Å². The van der Waals surface area contributed by atoms with Crippen molar-refractivity contribution in [1.29, 1.82) is 0 Å². The average Bonchev–Trinajstić information content (AvgIpc) is 2.85. The molecule has 1 N–H and O–H groups in total. The maximum atomic E-state index is 12.4. The lowest BCUT2D eigenvalue weighted by Gasteiger charge is -2.10. The van der Waals surface area contributed by atoms with Gasteiger partial charge in [0, 0.05) is 23.5 Å². The van der Waals surface area contributed by atoms with Gasteiger partial charge in [-0.2, -0.15) is 0 Å². The summed E-state index contributed by atoms with van der Waals surface area (Å²) in [6, 6.07) is 7.83. The van der Waals surface area contributed by atoms with Crippen LogP contribution in [0.2, 0.25) is 0 Å². The van der Waals surface area contributed by atoms with Crippen molar-refractivity contribution in [3.63, 3.8) is 0 Å². The van der Waals surface area contributed by atoms with Crippen LogP contribution in [0, 0.1) is 13.8 Å². The molecule has 0 atom stereocenters. The SMILES string of the molecule is CCn1c(C)cc(C(=O)COC(=O)c2ccccc2NS(C)(=O)=O)c1C. The third-order valence-electron chi connectivity index (χ3n) is 3.97. The quantitative estimate of drug-likeness (QED) is 0.590. The second kappa shape index (κ2) is 7.74. The summed E-state index contributed by atoms with van der Waals surface area (Å²) in [6.07, 6.45) is 0.988. The van der Waals surface area contributed by atoms with Crippen molar-refractivity contribution in [1.82, 2.24) is 4.57 Å². The predicted molar refractivity (Wildman–Crippen MR) is 99.1 cm³/mol. The topological polar surface area (TPSA) is 94.5 Å². The van der Waals surface area contributed by atoms with Crippen molar-refractivity contribution in [2.24, 2.45) is 0 Å². The van der Waals surface area contributed by atoms with Gasteiger partial charge < -0.3 is 9.30 Å². The second-order valence-electron chi connectivity index (χ2n) is 5.95. The molecule has 0 saturated heterocycles. The molecule has 0 spiro atoms. The van der Waals surface area contributed by atoms with E-state index < -0.39 is 22.6 Å². The molecule has 1 aromatic carbocycles. The molecular weight excluding hydrogens is 356 g/mol. The van der Waals surface area contributed by atoms with Crippen LogP contribution in [0.1, 0.15) is 39.0 Å². The number of ether oxygens (including phenoxy) is 1.